The van der Waals surface area contributed by atoms with Crippen molar-refractivity contribution in [3.05, 3.63) is 109 Å². The summed E-state index contributed by atoms with van der Waals surface area (Å²) in [5.74, 6) is -1.04. The van der Waals surface area contributed by atoms with Gasteiger partial charge in [-0.25, -0.2) is 0 Å². The Kier molecular flexibility index (Phi) is 49.5. The third-order valence-corrected chi connectivity index (χ3v) is 10.8. The van der Waals surface area contributed by atoms with Crippen LogP contribution in [0.1, 0.15) is 226 Å². The van der Waals surface area contributed by atoms with Crippen LogP contribution in [0.3, 0.4) is 0 Å². The topological polar surface area (TPSA) is 78.9 Å². The van der Waals surface area contributed by atoms with Crippen LogP contribution in [-0.2, 0) is 28.6 Å². The van der Waals surface area contributed by atoms with Crippen LogP contribution in [0.25, 0.3) is 0 Å². The molecule has 0 bridgehead atoms. The van der Waals surface area contributed by atoms with Crippen LogP contribution >= 0.6 is 0 Å². The fourth-order valence-corrected chi connectivity index (χ4v) is 6.85. The lowest BCUT2D eigenvalue weighted by Gasteiger charge is -2.18. The van der Waals surface area contributed by atoms with Gasteiger partial charge in [0, 0.05) is 19.3 Å². The SMILES string of the molecule is CC/C=C\C/C=C\C/C=C\C/C=C\CCC(=O)OC(COC(=O)CCCCC/C=C\C/C=C\C/C=C\CC)COC(=O)CCCCCCCCCCC/C=C\C/C=C\CCCCCCC. The van der Waals surface area contributed by atoms with E-state index in [1.165, 1.54) is 83.5 Å². The Morgan fingerprint density at radius 2 is 0.631 bits per heavy atom. The lowest BCUT2D eigenvalue weighted by molar-refractivity contribution is -0.166. The number of ether oxygens (including phenoxy) is 3. The van der Waals surface area contributed by atoms with Crippen LogP contribution in [0, 0.1) is 0 Å². The highest BCUT2D eigenvalue weighted by molar-refractivity contribution is 5.71. The number of hydrogen-bond donors (Lipinski definition) is 0. The zero-order valence-electron chi connectivity index (χ0n) is 42.0. The molecule has 6 heteroatoms. The summed E-state index contributed by atoms with van der Waals surface area (Å²) in [6.45, 7) is 6.29. The van der Waals surface area contributed by atoms with Crippen molar-refractivity contribution >= 4 is 17.9 Å². The quantitative estimate of drug-likeness (QED) is 0.0262. The molecule has 0 saturated heterocycles. The molecular weight excluding hydrogens is 805 g/mol. The standard InChI is InChI=1S/C59H96O6/c1-4-7-10-13-16-19-22-25-26-27-28-29-30-31-32-35-37-40-43-46-49-52-58(61)64-55-56(65-59(62)53-50-47-44-41-38-34-24-21-18-15-12-9-6-3)54-63-57(60)51-48-45-42-39-36-33-23-20-17-14-11-8-5-2/h8-9,11-12,17-18,20-22,25,27-28,33-34,36,38,44,47,56H,4-7,10,13-16,19,23-24,26,29-32,35,37,39-43,45-46,48-55H2,1-3H3/b11-8-,12-9-,20-17-,21-18-,25-22-,28-27-,36-33-,38-34-,47-44-. The Balaban J connectivity index is 4.44. The van der Waals surface area contributed by atoms with Gasteiger partial charge in [-0.1, -0.05) is 207 Å². The number of carbonyl (C=O) groups is 3. The predicted molar refractivity (Wildman–Crippen MR) is 279 cm³/mol. The molecule has 0 heterocycles. The van der Waals surface area contributed by atoms with Gasteiger partial charge < -0.3 is 14.2 Å². The molecule has 6 nitrogen and oxygen atoms in total. The normalized spacial score (nSPS) is 13.0. The molecule has 0 amide bonds. The maximum absolute atomic E-state index is 12.7. The Bertz CT molecular complexity index is 1360. The number of rotatable bonds is 46. The van der Waals surface area contributed by atoms with Gasteiger partial charge in [-0.15, -0.1) is 0 Å². The van der Waals surface area contributed by atoms with Gasteiger partial charge in [0.2, 0.25) is 0 Å². The molecule has 1 unspecified atom stereocenters. The van der Waals surface area contributed by atoms with Crippen molar-refractivity contribution in [3.8, 4) is 0 Å². The maximum atomic E-state index is 12.7. The number of allylic oxidation sites excluding steroid dienone is 18. The molecule has 0 radical (unpaired) electrons. The van der Waals surface area contributed by atoms with Crippen LogP contribution in [0.2, 0.25) is 0 Å². The van der Waals surface area contributed by atoms with Gasteiger partial charge in [0.05, 0.1) is 0 Å². The highest BCUT2D eigenvalue weighted by atomic mass is 16.6. The Labute approximate surface area is 400 Å². The van der Waals surface area contributed by atoms with E-state index in [0.29, 0.717) is 19.3 Å². The van der Waals surface area contributed by atoms with E-state index in [4.69, 9.17) is 14.2 Å². The summed E-state index contributed by atoms with van der Waals surface area (Å²) in [4.78, 5) is 37.9. The number of unbranched alkanes of at least 4 members (excludes halogenated alkanes) is 17. The fourth-order valence-electron chi connectivity index (χ4n) is 6.85. The molecule has 368 valence electrons. The highest BCUT2D eigenvalue weighted by Gasteiger charge is 2.19. The zero-order chi connectivity index (χ0) is 47.2. The smallest absolute Gasteiger partial charge is 0.306 e. The summed E-state index contributed by atoms with van der Waals surface area (Å²) in [6, 6.07) is 0. The molecule has 0 fully saturated rings. The second-order valence-electron chi connectivity index (χ2n) is 17.0. The van der Waals surface area contributed by atoms with Crippen molar-refractivity contribution in [2.24, 2.45) is 0 Å². The Hall–Kier alpha value is -3.93. The monoisotopic (exact) mass is 901 g/mol. The number of hydrogen-bond acceptors (Lipinski definition) is 6. The maximum Gasteiger partial charge on any atom is 0.306 e. The molecule has 0 aliphatic carbocycles. The molecule has 0 aromatic carbocycles. The largest absolute Gasteiger partial charge is 0.462 e. The molecule has 1 atom stereocenters. The molecule has 0 aliphatic rings. The van der Waals surface area contributed by atoms with Crippen molar-refractivity contribution in [1.82, 2.24) is 0 Å². The van der Waals surface area contributed by atoms with Crippen molar-refractivity contribution in [2.45, 2.75) is 232 Å². The summed E-state index contributed by atoms with van der Waals surface area (Å²) in [7, 11) is 0. The first-order chi connectivity index (χ1) is 32.0. The molecule has 0 spiro atoms. The van der Waals surface area contributed by atoms with Crippen molar-refractivity contribution in [2.75, 3.05) is 13.2 Å². The minimum atomic E-state index is -0.831. The fraction of sp³-hybridized carbons (Fsp3) is 0.644. The van der Waals surface area contributed by atoms with Crippen LogP contribution in [0.5, 0.6) is 0 Å². The molecule has 0 aromatic heterocycles. The first-order valence-corrected chi connectivity index (χ1v) is 26.4. The number of carbonyl (C=O) groups excluding carboxylic acids is 3. The van der Waals surface area contributed by atoms with E-state index >= 15 is 0 Å². The van der Waals surface area contributed by atoms with E-state index in [1.54, 1.807) is 0 Å². The summed E-state index contributed by atoms with van der Waals surface area (Å²) in [5.41, 5.74) is 0. The van der Waals surface area contributed by atoms with E-state index in [0.717, 1.165) is 96.3 Å². The van der Waals surface area contributed by atoms with Crippen molar-refractivity contribution in [1.29, 1.82) is 0 Å². The molecular formula is C59H96O6. The molecule has 0 aliphatic heterocycles. The van der Waals surface area contributed by atoms with Crippen LogP contribution in [0.4, 0.5) is 0 Å². The van der Waals surface area contributed by atoms with Crippen LogP contribution in [0.15, 0.2) is 109 Å². The lowest BCUT2D eigenvalue weighted by atomic mass is 10.1. The predicted octanol–water partition coefficient (Wildman–Crippen LogP) is 17.5. The minimum Gasteiger partial charge on any atom is -0.462 e. The lowest BCUT2D eigenvalue weighted by Crippen LogP contribution is -2.30. The molecule has 65 heavy (non-hydrogen) atoms. The molecule has 0 saturated carbocycles. The second kappa shape index (κ2) is 52.7. The van der Waals surface area contributed by atoms with E-state index in [9.17, 15) is 14.4 Å². The van der Waals surface area contributed by atoms with E-state index in [1.807, 2.05) is 12.2 Å². The average Bonchev–Trinajstić information content (AvgIpc) is 3.30. The Morgan fingerprint density at radius 1 is 0.323 bits per heavy atom. The van der Waals surface area contributed by atoms with Gasteiger partial charge in [0.25, 0.3) is 0 Å². The van der Waals surface area contributed by atoms with Gasteiger partial charge in [-0.05, 0) is 109 Å². The van der Waals surface area contributed by atoms with Gasteiger partial charge in [-0.2, -0.15) is 0 Å². The highest BCUT2D eigenvalue weighted by Crippen LogP contribution is 2.13. The first-order valence-electron chi connectivity index (χ1n) is 26.4. The molecule has 0 N–H and O–H groups in total. The van der Waals surface area contributed by atoms with Gasteiger partial charge in [-0.3, -0.25) is 14.4 Å². The van der Waals surface area contributed by atoms with Gasteiger partial charge in [0.15, 0.2) is 6.10 Å². The minimum absolute atomic E-state index is 0.120. The second-order valence-corrected chi connectivity index (χ2v) is 17.0. The van der Waals surface area contributed by atoms with Crippen molar-refractivity contribution < 1.29 is 28.6 Å². The van der Waals surface area contributed by atoms with Gasteiger partial charge in [0.1, 0.15) is 13.2 Å². The van der Waals surface area contributed by atoms with E-state index < -0.39 is 12.1 Å². The first kappa shape index (κ1) is 61.1. The molecule has 0 rings (SSSR count). The summed E-state index contributed by atoms with van der Waals surface area (Å²) < 4.78 is 16.7. The van der Waals surface area contributed by atoms with Crippen molar-refractivity contribution in [3.63, 3.8) is 0 Å². The third-order valence-electron chi connectivity index (χ3n) is 10.8. The number of esters is 3. The van der Waals surface area contributed by atoms with E-state index in [2.05, 4.69) is 118 Å². The van der Waals surface area contributed by atoms with Gasteiger partial charge >= 0.3 is 17.9 Å². The van der Waals surface area contributed by atoms with Crippen LogP contribution < -0.4 is 0 Å². The van der Waals surface area contributed by atoms with Crippen LogP contribution in [-0.4, -0.2) is 37.2 Å². The third kappa shape index (κ3) is 50.9. The summed E-state index contributed by atoms with van der Waals surface area (Å²) in [5, 5.41) is 0. The zero-order valence-corrected chi connectivity index (χ0v) is 42.0. The Morgan fingerprint density at radius 3 is 1.02 bits per heavy atom. The van der Waals surface area contributed by atoms with E-state index in [-0.39, 0.29) is 31.6 Å². The molecule has 0 aromatic rings. The summed E-state index contributed by atoms with van der Waals surface area (Å²) >= 11 is 0. The summed E-state index contributed by atoms with van der Waals surface area (Å²) in [6.07, 6.45) is 71.0. The average molecular weight is 901 g/mol.